The molecule has 0 radical (unpaired) electrons. The largest absolute Gasteiger partial charge is 0.407 e. The van der Waals surface area contributed by atoms with Crippen molar-refractivity contribution >= 4 is 49.4 Å². The number of halogens is 1. The molecule has 6 rings (SSSR count). The second-order valence-electron chi connectivity index (χ2n) is 20.7. The highest BCUT2D eigenvalue weighted by Crippen LogP contribution is 2.67. The SMILES string of the molecule is CCOC1C[C@@]2(CO1)C[C@@H](O)C[C@H]1[C@H](CCOCOCC[Si](C)(C)C)[C@@H](CCCCCCO[Si](c3ccccc3)(c3ccccc3)C(C)(C)C)[C@@H](I)[C@@]23OC(C)(C)O[C@H]13. The van der Waals surface area contributed by atoms with Crippen LogP contribution in [0.2, 0.25) is 30.7 Å². The average Bonchev–Trinajstić information content (AvgIpc) is 3.71. The molecule has 2 bridgehead atoms. The second kappa shape index (κ2) is 20.0. The minimum Gasteiger partial charge on any atom is -0.407 e. The van der Waals surface area contributed by atoms with Crippen molar-refractivity contribution in [3.63, 3.8) is 0 Å². The van der Waals surface area contributed by atoms with E-state index in [-0.39, 0.29) is 27.3 Å². The molecule has 4 aliphatic rings. The van der Waals surface area contributed by atoms with Crippen molar-refractivity contribution in [2.75, 3.05) is 39.8 Å². The maximum atomic E-state index is 11.9. The summed E-state index contributed by atoms with van der Waals surface area (Å²) in [7, 11) is -3.72. The van der Waals surface area contributed by atoms with E-state index in [4.69, 9.17) is 32.8 Å². The van der Waals surface area contributed by atoms with Crippen molar-refractivity contribution < 1.29 is 38.0 Å². The zero-order chi connectivity index (χ0) is 42.5. The third-order valence-electron chi connectivity index (χ3n) is 13.9. The molecular formula is C48H77IO8Si2. The molecule has 332 valence electrons. The van der Waals surface area contributed by atoms with E-state index in [1.54, 1.807) is 0 Å². The topological polar surface area (TPSA) is 84.8 Å². The van der Waals surface area contributed by atoms with Crippen LogP contribution < -0.4 is 10.4 Å². The van der Waals surface area contributed by atoms with E-state index in [1.165, 1.54) is 10.4 Å². The summed E-state index contributed by atoms with van der Waals surface area (Å²) in [5.41, 5.74) is -1.01. The first-order valence-electron chi connectivity index (χ1n) is 22.8. The highest BCUT2D eigenvalue weighted by molar-refractivity contribution is 14.1. The monoisotopic (exact) mass is 964 g/mol. The summed E-state index contributed by atoms with van der Waals surface area (Å²) >= 11 is 2.75. The van der Waals surface area contributed by atoms with Crippen molar-refractivity contribution in [2.45, 2.75) is 164 Å². The summed E-state index contributed by atoms with van der Waals surface area (Å²) in [4.78, 5) is 0. The molecule has 2 aromatic carbocycles. The van der Waals surface area contributed by atoms with Gasteiger partial charge in [0.25, 0.3) is 8.32 Å². The van der Waals surface area contributed by atoms with Crippen molar-refractivity contribution in [3.05, 3.63) is 60.7 Å². The molecule has 2 aliphatic carbocycles. The molecule has 8 nitrogen and oxygen atoms in total. The highest BCUT2D eigenvalue weighted by atomic mass is 127. The fourth-order valence-corrected chi connectivity index (χ4v) is 18.8. The van der Waals surface area contributed by atoms with E-state index in [9.17, 15) is 5.11 Å². The predicted molar refractivity (Wildman–Crippen MR) is 251 cm³/mol. The second-order valence-corrected chi connectivity index (χ2v) is 32.0. The summed E-state index contributed by atoms with van der Waals surface area (Å²) < 4.78 is 46.5. The molecule has 2 aromatic rings. The zero-order valence-electron chi connectivity index (χ0n) is 37.8. The Morgan fingerprint density at radius 2 is 1.47 bits per heavy atom. The summed E-state index contributed by atoms with van der Waals surface area (Å²) in [6, 6.07) is 23.1. The van der Waals surface area contributed by atoms with E-state index in [0.29, 0.717) is 57.7 Å². The van der Waals surface area contributed by atoms with Crippen LogP contribution in [0.25, 0.3) is 0 Å². The van der Waals surface area contributed by atoms with Gasteiger partial charge in [0, 0.05) is 50.3 Å². The van der Waals surface area contributed by atoms with Crippen molar-refractivity contribution in [3.8, 4) is 0 Å². The number of rotatable bonds is 20. The minimum atomic E-state index is -2.56. The summed E-state index contributed by atoms with van der Waals surface area (Å²) in [6.45, 7) is 23.9. The average molecular weight is 965 g/mol. The Morgan fingerprint density at radius 3 is 2.10 bits per heavy atom. The van der Waals surface area contributed by atoms with E-state index < -0.39 is 39.3 Å². The number of ether oxygens (including phenoxy) is 6. The molecule has 4 fully saturated rings. The number of alkyl halides is 1. The van der Waals surface area contributed by atoms with E-state index >= 15 is 0 Å². The molecule has 0 aromatic heterocycles. The number of aliphatic hydroxyl groups excluding tert-OH is 1. The Morgan fingerprint density at radius 1 is 0.831 bits per heavy atom. The van der Waals surface area contributed by atoms with Gasteiger partial charge in [-0.25, -0.2) is 0 Å². The van der Waals surface area contributed by atoms with Crippen LogP contribution in [0.3, 0.4) is 0 Å². The van der Waals surface area contributed by atoms with Crippen LogP contribution >= 0.6 is 22.6 Å². The Kier molecular flexibility index (Phi) is 16.2. The molecular weight excluding hydrogens is 888 g/mol. The lowest BCUT2D eigenvalue weighted by atomic mass is 9.54. The van der Waals surface area contributed by atoms with Crippen LogP contribution in [0, 0.1) is 23.2 Å². The lowest BCUT2D eigenvalue weighted by molar-refractivity contribution is -0.200. The molecule has 2 heterocycles. The van der Waals surface area contributed by atoms with Crippen molar-refractivity contribution in [1.82, 2.24) is 0 Å². The predicted octanol–water partition coefficient (Wildman–Crippen LogP) is 9.71. The normalized spacial score (nSPS) is 32.0. The summed E-state index contributed by atoms with van der Waals surface area (Å²) in [6.07, 6.45) is 7.56. The lowest BCUT2D eigenvalue weighted by Crippen LogP contribution is -2.68. The quantitative estimate of drug-likeness (QED) is 0.0462. The van der Waals surface area contributed by atoms with E-state index in [2.05, 4.69) is 138 Å². The van der Waals surface area contributed by atoms with Crippen LogP contribution in [0.4, 0.5) is 0 Å². The van der Waals surface area contributed by atoms with Gasteiger partial charge in [0.05, 0.1) is 18.8 Å². The Balaban J connectivity index is 1.17. The molecule has 2 saturated heterocycles. The lowest BCUT2D eigenvalue weighted by Gasteiger charge is -2.57. The van der Waals surface area contributed by atoms with Gasteiger partial charge in [0.15, 0.2) is 12.1 Å². The van der Waals surface area contributed by atoms with Crippen LogP contribution in [-0.4, -0.2) is 95.1 Å². The van der Waals surface area contributed by atoms with Gasteiger partial charge in [-0.15, -0.1) is 0 Å². The van der Waals surface area contributed by atoms with Crippen LogP contribution in [0.1, 0.15) is 99.3 Å². The third-order valence-corrected chi connectivity index (χ3v) is 22.5. The maximum absolute atomic E-state index is 11.9. The first kappa shape index (κ1) is 47.8. The Labute approximate surface area is 372 Å². The van der Waals surface area contributed by atoms with Crippen molar-refractivity contribution in [2.24, 2.45) is 23.2 Å². The Hall–Kier alpha value is -0.716. The van der Waals surface area contributed by atoms with Crippen LogP contribution in [0.15, 0.2) is 60.7 Å². The van der Waals surface area contributed by atoms with Crippen LogP contribution in [0.5, 0.6) is 0 Å². The molecule has 59 heavy (non-hydrogen) atoms. The molecule has 11 heteroatoms. The number of benzene rings is 2. The molecule has 2 aliphatic heterocycles. The molecule has 1 N–H and O–H groups in total. The van der Waals surface area contributed by atoms with Crippen LogP contribution in [-0.2, 0) is 32.8 Å². The fourth-order valence-electron chi connectivity index (χ4n) is 11.4. The van der Waals surface area contributed by atoms with Gasteiger partial charge in [-0.1, -0.05) is 143 Å². The molecule has 1 spiro atoms. The smallest absolute Gasteiger partial charge is 0.261 e. The maximum Gasteiger partial charge on any atom is 0.261 e. The number of hydrogen-bond donors (Lipinski definition) is 1. The van der Waals surface area contributed by atoms with Gasteiger partial charge in [-0.2, -0.15) is 0 Å². The molecule has 9 atom stereocenters. The minimum absolute atomic E-state index is 0.0303. The van der Waals surface area contributed by atoms with E-state index in [0.717, 1.165) is 57.8 Å². The third kappa shape index (κ3) is 10.5. The molecule has 1 unspecified atom stereocenters. The Bertz CT molecular complexity index is 1550. The van der Waals surface area contributed by atoms with Gasteiger partial charge in [0.2, 0.25) is 0 Å². The van der Waals surface area contributed by atoms with Gasteiger partial charge in [-0.3, -0.25) is 0 Å². The standard InChI is InChI=1S/C48H77IO8Si2/c1-10-53-42-33-47(34-54-42)32-36(50)31-41-39(26-28-51-35-52-29-30-58(7,8)9)40(43(49)48(47)44(41)56-46(5,6)57-48)25-19-11-12-20-27-55-59(45(2,3)4,37-21-15-13-16-22-37)38-23-17-14-18-24-38/h13-18,21-24,36,39-44,50H,10-12,19-20,25-35H2,1-9H3/t36-,39+,40+,41-,42?,43+,44+,47+,48-/m0/s1. The molecule has 0 amide bonds. The first-order valence-corrected chi connectivity index (χ1v) is 29.7. The highest BCUT2D eigenvalue weighted by Gasteiger charge is 2.75. The molecule has 2 saturated carbocycles. The summed E-state index contributed by atoms with van der Waals surface area (Å²) in [5.74, 6) is 0.0936. The summed E-state index contributed by atoms with van der Waals surface area (Å²) in [5, 5.41) is 14.5. The number of aliphatic hydroxyl groups is 1. The first-order chi connectivity index (χ1) is 28.0. The van der Waals surface area contributed by atoms with Gasteiger partial charge in [-0.05, 0) is 92.1 Å². The zero-order valence-corrected chi connectivity index (χ0v) is 42.0. The fraction of sp³-hybridized carbons (Fsp3) is 0.750. The van der Waals surface area contributed by atoms with E-state index in [1.807, 2.05) is 6.92 Å². The van der Waals surface area contributed by atoms with Gasteiger partial charge < -0.3 is 38.0 Å². The van der Waals surface area contributed by atoms with Gasteiger partial charge in [0.1, 0.15) is 12.4 Å². The number of hydrogen-bond acceptors (Lipinski definition) is 8. The van der Waals surface area contributed by atoms with Gasteiger partial charge >= 0.3 is 0 Å². The number of unbranched alkanes of at least 4 members (excludes halogenated alkanes) is 3. The van der Waals surface area contributed by atoms with Crippen molar-refractivity contribution in [1.29, 1.82) is 0 Å².